The SMILES string of the molecule is C=C1CC2(CCCC2)CC(=O)N1CCN1CCN(c2nsc3ccccc23)CC1. The molecule has 0 atom stereocenters. The summed E-state index contributed by atoms with van der Waals surface area (Å²) < 4.78 is 5.96. The molecule has 1 spiro atoms. The number of piperidine rings is 1. The number of amides is 1. The molecule has 154 valence electrons. The van der Waals surface area contributed by atoms with Gasteiger partial charge in [0.15, 0.2) is 0 Å². The summed E-state index contributed by atoms with van der Waals surface area (Å²) in [6.45, 7) is 10.0. The van der Waals surface area contributed by atoms with Crippen molar-refractivity contribution in [1.29, 1.82) is 0 Å². The van der Waals surface area contributed by atoms with Crippen molar-refractivity contribution in [2.24, 2.45) is 5.41 Å². The molecule has 0 radical (unpaired) electrons. The molecule has 1 aromatic heterocycles. The van der Waals surface area contributed by atoms with Crippen molar-refractivity contribution < 1.29 is 4.79 Å². The topological polar surface area (TPSA) is 39.7 Å². The Bertz CT molecular complexity index is 888. The minimum absolute atomic E-state index is 0.243. The third-order valence-electron chi connectivity index (χ3n) is 7.12. The lowest BCUT2D eigenvalue weighted by molar-refractivity contribution is -0.135. The maximum atomic E-state index is 12.8. The van der Waals surface area contributed by atoms with Crippen LogP contribution < -0.4 is 4.90 Å². The maximum Gasteiger partial charge on any atom is 0.227 e. The Labute approximate surface area is 177 Å². The van der Waals surface area contributed by atoms with E-state index in [1.54, 1.807) is 11.5 Å². The molecule has 29 heavy (non-hydrogen) atoms. The lowest BCUT2D eigenvalue weighted by Gasteiger charge is -2.41. The third-order valence-corrected chi connectivity index (χ3v) is 7.94. The molecule has 6 heteroatoms. The number of anilines is 1. The van der Waals surface area contributed by atoms with E-state index in [0.717, 1.165) is 63.6 Å². The number of carbonyl (C=O) groups is 1. The Morgan fingerprint density at radius 1 is 1.03 bits per heavy atom. The van der Waals surface area contributed by atoms with Gasteiger partial charge in [0.1, 0.15) is 5.82 Å². The molecule has 0 bridgehead atoms. The highest BCUT2D eigenvalue weighted by atomic mass is 32.1. The van der Waals surface area contributed by atoms with Crippen LogP contribution in [0.2, 0.25) is 0 Å². The lowest BCUT2D eigenvalue weighted by Crippen LogP contribution is -2.50. The van der Waals surface area contributed by atoms with Gasteiger partial charge in [0.05, 0.1) is 4.70 Å². The first-order valence-electron chi connectivity index (χ1n) is 10.9. The highest BCUT2D eigenvalue weighted by Gasteiger charge is 2.42. The second-order valence-corrected chi connectivity index (χ2v) is 9.81. The Morgan fingerprint density at radius 3 is 2.55 bits per heavy atom. The molecule has 2 aliphatic heterocycles. The number of aromatic nitrogens is 1. The van der Waals surface area contributed by atoms with Gasteiger partial charge in [0.25, 0.3) is 0 Å². The molecule has 0 N–H and O–H groups in total. The van der Waals surface area contributed by atoms with Crippen LogP contribution in [0, 0.1) is 5.41 Å². The summed E-state index contributed by atoms with van der Waals surface area (Å²) in [6.07, 6.45) is 6.72. The molecule has 3 heterocycles. The van der Waals surface area contributed by atoms with Crippen LogP contribution in [0.5, 0.6) is 0 Å². The zero-order valence-electron chi connectivity index (χ0n) is 17.1. The molecule has 3 aliphatic rings. The van der Waals surface area contributed by atoms with Crippen LogP contribution in [-0.4, -0.2) is 59.3 Å². The fraction of sp³-hybridized carbons (Fsp3) is 0.565. The van der Waals surface area contributed by atoms with E-state index >= 15 is 0 Å². The van der Waals surface area contributed by atoms with Crippen molar-refractivity contribution >= 4 is 33.3 Å². The van der Waals surface area contributed by atoms with Gasteiger partial charge in [0.2, 0.25) is 5.91 Å². The van der Waals surface area contributed by atoms with E-state index in [4.69, 9.17) is 4.37 Å². The van der Waals surface area contributed by atoms with Crippen LogP contribution in [-0.2, 0) is 4.79 Å². The van der Waals surface area contributed by atoms with E-state index in [0.29, 0.717) is 5.91 Å². The fourth-order valence-electron chi connectivity index (χ4n) is 5.47. The average Bonchev–Trinajstić information content (AvgIpc) is 3.35. The predicted molar refractivity (Wildman–Crippen MR) is 119 cm³/mol. The highest BCUT2D eigenvalue weighted by molar-refractivity contribution is 7.13. The van der Waals surface area contributed by atoms with E-state index in [9.17, 15) is 4.79 Å². The van der Waals surface area contributed by atoms with Crippen LogP contribution >= 0.6 is 11.5 Å². The number of fused-ring (bicyclic) bond motifs is 1. The number of nitrogens with zero attached hydrogens (tertiary/aromatic N) is 4. The number of benzene rings is 1. The van der Waals surface area contributed by atoms with Gasteiger partial charge in [-0.25, -0.2) is 0 Å². The number of hydrogen-bond acceptors (Lipinski definition) is 5. The van der Waals surface area contributed by atoms with Gasteiger partial charge in [-0.3, -0.25) is 9.69 Å². The molecule has 1 saturated carbocycles. The summed E-state index contributed by atoms with van der Waals surface area (Å²) in [5.41, 5.74) is 1.29. The van der Waals surface area contributed by atoms with Crippen LogP contribution in [0.15, 0.2) is 36.5 Å². The largest absolute Gasteiger partial charge is 0.353 e. The first-order valence-corrected chi connectivity index (χ1v) is 11.7. The van der Waals surface area contributed by atoms with Crippen molar-refractivity contribution in [3.63, 3.8) is 0 Å². The monoisotopic (exact) mass is 410 g/mol. The van der Waals surface area contributed by atoms with Crippen molar-refractivity contribution in [1.82, 2.24) is 14.2 Å². The number of allylic oxidation sites excluding steroid dienone is 1. The third kappa shape index (κ3) is 3.68. The lowest BCUT2D eigenvalue weighted by atomic mass is 9.75. The van der Waals surface area contributed by atoms with Gasteiger partial charge in [-0.1, -0.05) is 31.6 Å². The van der Waals surface area contributed by atoms with Crippen LogP contribution in [0.4, 0.5) is 5.82 Å². The fourth-order valence-corrected chi connectivity index (χ4v) is 6.27. The predicted octanol–water partition coefficient (Wildman–Crippen LogP) is 4.11. The van der Waals surface area contributed by atoms with Crippen molar-refractivity contribution in [2.75, 3.05) is 44.2 Å². The zero-order valence-corrected chi connectivity index (χ0v) is 17.9. The van der Waals surface area contributed by atoms with Gasteiger partial charge in [0, 0.05) is 56.8 Å². The van der Waals surface area contributed by atoms with Crippen LogP contribution in [0.3, 0.4) is 0 Å². The average molecular weight is 411 g/mol. The summed E-state index contributed by atoms with van der Waals surface area (Å²) in [7, 11) is 0. The summed E-state index contributed by atoms with van der Waals surface area (Å²) in [5, 5.41) is 1.27. The molecule has 0 unspecified atom stereocenters. The van der Waals surface area contributed by atoms with Crippen molar-refractivity contribution in [3.8, 4) is 0 Å². The van der Waals surface area contributed by atoms with Crippen molar-refractivity contribution in [2.45, 2.75) is 38.5 Å². The van der Waals surface area contributed by atoms with Gasteiger partial charge < -0.3 is 9.80 Å². The molecular weight excluding hydrogens is 380 g/mol. The van der Waals surface area contributed by atoms with Gasteiger partial charge >= 0.3 is 0 Å². The molecule has 5 nitrogen and oxygen atoms in total. The highest BCUT2D eigenvalue weighted by Crippen LogP contribution is 2.49. The van der Waals surface area contributed by atoms with E-state index in [-0.39, 0.29) is 5.41 Å². The standard InChI is InChI=1S/C23H30N4OS/c1-18-16-23(8-4-5-9-23)17-21(28)27(18)15-12-25-10-13-26(14-11-25)22-19-6-2-3-7-20(19)29-24-22/h2-3,6-7H,1,4-5,8-17H2. The number of piperazine rings is 1. The van der Waals surface area contributed by atoms with E-state index < -0.39 is 0 Å². The molecule has 1 aromatic carbocycles. The van der Waals surface area contributed by atoms with E-state index in [2.05, 4.69) is 40.6 Å². The molecule has 1 amide bonds. The minimum atomic E-state index is 0.243. The quantitative estimate of drug-likeness (QED) is 0.760. The number of carbonyl (C=O) groups excluding carboxylic acids is 1. The first-order chi connectivity index (χ1) is 14.1. The Morgan fingerprint density at radius 2 is 1.79 bits per heavy atom. The second-order valence-electron chi connectivity index (χ2n) is 9.00. The normalized spacial score (nSPS) is 22.9. The molecule has 5 rings (SSSR count). The Balaban J connectivity index is 1.14. The number of hydrogen-bond donors (Lipinski definition) is 0. The van der Waals surface area contributed by atoms with Gasteiger partial charge in [-0.15, -0.1) is 0 Å². The molecule has 3 fully saturated rings. The number of likely N-dealkylation sites (tertiary alicyclic amines) is 1. The Kier molecular flexibility index (Phi) is 5.08. The van der Waals surface area contributed by atoms with E-state index in [1.165, 1.54) is 35.8 Å². The maximum absolute atomic E-state index is 12.8. The van der Waals surface area contributed by atoms with Gasteiger partial charge in [-0.05, 0) is 48.3 Å². The molecule has 2 saturated heterocycles. The smallest absolute Gasteiger partial charge is 0.227 e. The summed E-state index contributed by atoms with van der Waals surface area (Å²) >= 11 is 1.59. The summed E-state index contributed by atoms with van der Waals surface area (Å²) in [5.74, 6) is 1.43. The van der Waals surface area contributed by atoms with Crippen LogP contribution in [0.25, 0.3) is 10.1 Å². The zero-order chi connectivity index (χ0) is 19.8. The number of rotatable bonds is 4. The van der Waals surface area contributed by atoms with Crippen LogP contribution in [0.1, 0.15) is 38.5 Å². The van der Waals surface area contributed by atoms with Gasteiger partial charge in [-0.2, -0.15) is 4.37 Å². The molecular formula is C23H30N4OS. The minimum Gasteiger partial charge on any atom is -0.353 e. The van der Waals surface area contributed by atoms with Crippen molar-refractivity contribution in [3.05, 3.63) is 36.5 Å². The Hall–Kier alpha value is -1.92. The first kappa shape index (κ1) is 19.1. The second kappa shape index (κ2) is 7.73. The summed E-state index contributed by atoms with van der Waals surface area (Å²) in [6, 6.07) is 8.48. The molecule has 1 aliphatic carbocycles. The van der Waals surface area contributed by atoms with E-state index in [1.807, 2.05) is 4.90 Å². The molecule has 2 aromatic rings. The summed E-state index contributed by atoms with van der Waals surface area (Å²) in [4.78, 5) is 19.7.